The molecule has 4 aromatic rings. The number of nitrogens with zero attached hydrogens (tertiary/aromatic N) is 2. The van der Waals surface area contributed by atoms with Crippen molar-refractivity contribution in [3.8, 4) is 20.2 Å². The fourth-order valence-corrected chi connectivity index (χ4v) is 17.3. The summed E-state index contributed by atoms with van der Waals surface area (Å²) in [5.74, 6) is 0. The van der Waals surface area contributed by atoms with Gasteiger partial charge in [-0.15, -0.1) is 22.7 Å². The van der Waals surface area contributed by atoms with Crippen LogP contribution in [-0.2, 0) is 0 Å². The molecule has 0 amide bonds. The average molecular weight is 665 g/mol. The van der Waals surface area contributed by atoms with Crippen LogP contribution in [-0.4, -0.2) is 16.8 Å². The van der Waals surface area contributed by atoms with Crippen molar-refractivity contribution in [1.82, 2.24) is 8.75 Å². The predicted octanol–water partition coefficient (Wildman–Crippen LogP) is 12.9. The van der Waals surface area contributed by atoms with Crippen molar-refractivity contribution in [2.45, 2.75) is 154 Å². The van der Waals surface area contributed by atoms with Crippen LogP contribution in [0.25, 0.3) is 31.2 Å². The summed E-state index contributed by atoms with van der Waals surface area (Å²) in [4.78, 5) is 4.64. The first kappa shape index (κ1) is 34.0. The Morgan fingerprint density at radius 1 is 0.591 bits per heavy atom. The fourth-order valence-electron chi connectivity index (χ4n) is 7.55. The zero-order valence-electron chi connectivity index (χ0n) is 27.6. The van der Waals surface area contributed by atoms with Gasteiger partial charge < -0.3 is 0 Å². The Morgan fingerprint density at radius 3 is 1.75 bits per heavy atom. The van der Waals surface area contributed by atoms with E-state index in [0.29, 0.717) is 0 Å². The maximum atomic E-state index is 4.71. The maximum Gasteiger partial charge on any atom is 0.122 e. The Labute approximate surface area is 281 Å². The number of hydrogen-bond acceptors (Lipinski definition) is 5. The van der Waals surface area contributed by atoms with E-state index < -0.39 is 8.07 Å². The molecule has 2 nitrogen and oxygen atoms in total. The molecular formula is C38H56N2S3Si. The number of thiophene rings is 2. The Kier molecular flexibility index (Phi) is 14.0. The van der Waals surface area contributed by atoms with E-state index in [1.807, 2.05) is 22.7 Å². The summed E-state index contributed by atoms with van der Waals surface area (Å²) in [5, 5.41) is 5.96. The molecule has 0 spiro atoms. The highest BCUT2D eigenvalue weighted by Gasteiger charge is 2.46. The summed E-state index contributed by atoms with van der Waals surface area (Å²) in [7, 11) is -1.78. The first-order chi connectivity index (χ1) is 21.8. The van der Waals surface area contributed by atoms with Crippen LogP contribution in [0.15, 0.2) is 35.7 Å². The minimum Gasteiger partial charge on any atom is -0.173 e. The summed E-state index contributed by atoms with van der Waals surface area (Å²) in [6.07, 6.45) is 28.4. The standard InChI is InChI=1S/C38H56N2S3Si/c1-3-5-7-9-11-13-15-17-19-21-28-44(29-22-20-18-16-14-12-10-8-6-4-2)34-26-27-41-37(34)38-35(44)30-33(42-38)31-24-23-25-32-36(31)40-43-39-32/h23-27,30H,3-22,28-29H2,1-2H3. The largest absolute Gasteiger partial charge is 0.173 e. The van der Waals surface area contributed by atoms with E-state index in [9.17, 15) is 0 Å². The molecule has 6 heteroatoms. The highest BCUT2D eigenvalue weighted by atomic mass is 32.1. The lowest BCUT2D eigenvalue weighted by Gasteiger charge is -2.29. The monoisotopic (exact) mass is 664 g/mol. The minimum absolute atomic E-state index is 1.04. The van der Waals surface area contributed by atoms with Crippen LogP contribution in [0.5, 0.6) is 0 Å². The van der Waals surface area contributed by atoms with Gasteiger partial charge in [0.15, 0.2) is 0 Å². The van der Waals surface area contributed by atoms with Crippen molar-refractivity contribution in [2.75, 3.05) is 0 Å². The van der Waals surface area contributed by atoms with E-state index in [2.05, 4.69) is 53.9 Å². The number of rotatable bonds is 23. The molecule has 0 unspecified atom stereocenters. The summed E-state index contributed by atoms with van der Waals surface area (Å²) in [6.45, 7) is 4.63. The van der Waals surface area contributed by atoms with Crippen LogP contribution in [0.2, 0.25) is 12.1 Å². The lowest BCUT2D eigenvalue weighted by atomic mass is 10.1. The number of aromatic nitrogens is 2. The van der Waals surface area contributed by atoms with Crippen LogP contribution in [0.3, 0.4) is 0 Å². The molecule has 240 valence electrons. The lowest BCUT2D eigenvalue weighted by molar-refractivity contribution is 0.559. The molecule has 0 saturated heterocycles. The second kappa shape index (κ2) is 18.1. The molecule has 0 fully saturated rings. The fraction of sp³-hybridized carbons (Fsp3) is 0.632. The molecule has 5 rings (SSSR count). The van der Waals surface area contributed by atoms with Crippen molar-refractivity contribution in [2.24, 2.45) is 0 Å². The molecule has 0 radical (unpaired) electrons. The number of unbranched alkanes of at least 4 members (excludes halogenated alkanes) is 18. The van der Waals surface area contributed by atoms with E-state index in [4.69, 9.17) is 4.37 Å². The van der Waals surface area contributed by atoms with Gasteiger partial charge in [0.2, 0.25) is 0 Å². The summed E-state index contributed by atoms with van der Waals surface area (Å²) in [6, 6.07) is 14.6. The van der Waals surface area contributed by atoms with E-state index in [1.165, 1.54) is 163 Å². The molecule has 0 bridgehead atoms. The minimum atomic E-state index is -1.78. The molecule has 0 saturated carbocycles. The van der Waals surface area contributed by atoms with Gasteiger partial charge in [-0.3, -0.25) is 0 Å². The normalized spacial score (nSPS) is 13.6. The topological polar surface area (TPSA) is 25.8 Å². The molecule has 4 heterocycles. The Balaban J connectivity index is 1.25. The third-order valence-electron chi connectivity index (χ3n) is 10.1. The van der Waals surface area contributed by atoms with Gasteiger partial charge in [-0.25, -0.2) is 0 Å². The Morgan fingerprint density at radius 2 is 1.16 bits per heavy atom. The summed E-state index contributed by atoms with van der Waals surface area (Å²) < 4.78 is 9.26. The van der Waals surface area contributed by atoms with Crippen LogP contribution in [0.4, 0.5) is 0 Å². The molecule has 0 atom stereocenters. The highest BCUT2D eigenvalue weighted by Crippen LogP contribution is 2.45. The van der Waals surface area contributed by atoms with Crippen molar-refractivity contribution in [1.29, 1.82) is 0 Å². The zero-order chi connectivity index (χ0) is 30.5. The van der Waals surface area contributed by atoms with Gasteiger partial charge in [0.1, 0.15) is 19.1 Å². The quantitative estimate of drug-likeness (QED) is 0.0582. The second-order valence-electron chi connectivity index (χ2n) is 13.4. The van der Waals surface area contributed by atoms with Crippen molar-refractivity contribution in [3.05, 3.63) is 35.7 Å². The molecular weight excluding hydrogens is 609 g/mol. The van der Waals surface area contributed by atoms with Crippen molar-refractivity contribution < 1.29 is 0 Å². The van der Waals surface area contributed by atoms with E-state index in [-0.39, 0.29) is 0 Å². The van der Waals surface area contributed by atoms with E-state index >= 15 is 0 Å². The number of benzene rings is 1. The van der Waals surface area contributed by atoms with Crippen LogP contribution in [0, 0.1) is 0 Å². The molecule has 1 aliphatic heterocycles. The van der Waals surface area contributed by atoms with Gasteiger partial charge in [-0.1, -0.05) is 160 Å². The Hall–Kier alpha value is -1.34. The molecule has 3 aromatic heterocycles. The summed E-state index contributed by atoms with van der Waals surface area (Å²) in [5.41, 5.74) is 3.41. The second-order valence-corrected chi connectivity index (χ2v) is 20.1. The van der Waals surface area contributed by atoms with Gasteiger partial charge in [0.25, 0.3) is 0 Å². The first-order valence-electron chi connectivity index (χ1n) is 18.2. The molecule has 1 aliphatic rings. The average Bonchev–Trinajstić information content (AvgIpc) is 3.84. The van der Waals surface area contributed by atoms with E-state index in [1.54, 1.807) is 20.1 Å². The van der Waals surface area contributed by atoms with Crippen LogP contribution >= 0.6 is 34.4 Å². The van der Waals surface area contributed by atoms with Gasteiger partial charge in [0, 0.05) is 20.2 Å². The Bertz CT molecular complexity index is 1360. The van der Waals surface area contributed by atoms with Gasteiger partial charge in [-0.05, 0) is 40.0 Å². The van der Waals surface area contributed by atoms with Gasteiger partial charge in [-0.2, -0.15) is 8.75 Å². The van der Waals surface area contributed by atoms with Gasteiger partial charge in [0.05, 0.1) is 11.7 Å². The third kappa shape index (κ3) is 8.51. The van der Waals surface area contributed by atoms with Crippen LogP contribution in [0.1, 0.15) is 142 Å². The highest BCUT2D eigenvalue weighted by molar-refractivity contribution is 7.30. The smallest absolute Gasteiger partial charge is 0.122 e. The zero-order valence-corrected chi connectivity index (χ0v) is 31.1. The van der Waals surface area contributed by atoms with Crippen LogP contribution < -0.4 is 10.4 Å². The molecule has 0 N–H and O–H groups in total. The maximum absolute atomic E-state index is 4.71. The third-order valence-corrected chi connectivity index (χ3v) is 18.5. The summed E-state index contributed by atoms with van der Waals surface area (Å²) >= 11 is 5.39. The van der Waals surface area contributed by atoms with Crippen molar-refractivity contribution >= 4 is 63.9 Å². The van der Waals surface area contributed by atoms with E-state index in [0.717, 1.165) is 11.0 Å². The SMILES string of the molecule is CCCCCCCCCCCC[Si]1(CCCCCCCCCCCC)c2ccsc2-c2sc(-c3cccc4nsnc34)cc21. The van der Waals surface area contributed by atoms with Crippen molar-refractivity contribution in [3.63, 3.8) is 0 Å². The van der Waals surface area contributed by atoms with Gasteiger partial charge >= 0.3 is 0 Å². The molecule has 44 heavy (non-hydrogen) atoms. The first-order valence-corrected chi connectivity index (χ1v) is 23.1. The molecule has 0 aliphatic carbocycles. The predicted molar refractivity (Wildman–Crippen MR) is 202 cm³/mol. The lowest BCUT2D eigenvalue weighted by Crippen LogP contribution is -2.54. The molecule has 1 aromatic carbocycles. The number of hydrogen-bond donors (Lipinski definition) is 0. The number of fused-ring (bicyclic) bond motifs is 4.